The molecule has 124 valence electrons. The summed E-state index contributed by atoms with van der Waals surface area (Å²) >= 11 is 0. The van der Waals surface area contributed by atoms with Crippen molar-refractivity contribution in [1.82, 2.24) is 4.98 Å². The van der Waals surface area contributed by atoms with E-state index in [9.17, 15) is 5.11 Å². The molecule has 0 saturated carbocycles. The maximum atomic E-state index is 10.7. The zero-order valence-corrected chi connectivity index (χ0v) is 14.1. The van der Waals surface area contributed by atoms with Gasteiger partial charge in [-0.2, -0.15) is 0 Å². The molecule has 1 aromatic heterocycles. The van der Waals surface area contributed by atoms with E-state index in [0.29, 0.717) is 5.75 Å². The Bertz CT molecular complexity index is 1240. The maximum Gasteiger partial charge on any atom is 0.132 e. The maximum absolute atomic E-state index is 10.7. The van der Waals surface area contributed by atoms with Crippen molar-refractivity contribution in [2.45, 2.75) is 0 Å². The molecule has 2 heteroatoms. The van der Waals surface area contributed by atoms with Crippen LogP contribution in [-0.4, -0.2) is 10.1 Å². The van der Waals surface area contributed by atoms with Gasteiger partial charge in [0.25, 0.3) is 0 Å². The number of aromatic amines is 1. The molecule has 0 atom stereocenters. The van der Waals surface area contributed by atoms with Gasteiger partial charge in [0.15, 0.2) is 0 Å². The molecular weight excluding hydrogens is 318 g/mol. The lowest BCUT2D eigenvalue weighted by Crippen LogP contribution is -1.84. The number of nitrogens with one attached hydrogen (secondary N) is 1. The summed E-state index contributed by atoms with van der Waals surface area (Å²) < 4.78 is 0. The first-order chi connectivity index (χ1) is 12.8. The number of phenolic OH excluding ortho intramolecular Hbond substituents is 1. The molecule has 0 unspecified atom stereocenters. The van der Waals surface area contributed by atoms with Gasteiger partial charge in [0.05, 0.1) is 0 Å². The number of hydrogen-bond donors (Lipinski definition) is 2. The lowest BCUT2D eigenvalue weighted by Gasteiger charge is -2.07. The third-order valence-electron chi connectivity index (χ3n) is 4.96. The summed E-state index contributed by atoms with van der Waals surface area (Å²) in [5.41, 5.74) is 3.94. The van der Waals surface area contributed by atoms with Crippen molar-refractivity contribution in [2.75, 3.05) is 0 Å². The molecule has 1 heterocycles. The summed E-state index contributed by atoms with van der Waals surface area (Å²) in [4.78, 5) is 3.48. The minimum Gasteiger partial charge on any atom is -0.507 e. The number of aromatic hydroxyl groups is 1. The van der Waals surface area contributed by atoms with Crippen LogP contribution in [0.15, 0.2) is 91.0 Å². The third-order valence-corrected chi connectivity index (χ3v) is 4.96. The largest absolute Gasteiger partial charge is 0.507 e. The molecule has 2 N–H and O–H groups in total. The van der Waals surface area contributed by atoms with E-state index in [0.717, 1.165) is 33.3 Å². The Kier molecular flexibility index (Phi) is 3.29. The fourth-order valence-corrected chi connectivity index (χ4v) is 3.64. The van der Waals surface area contributed by atoms with Crippen LogP contribution >= 0.6 is 0 Å². The Hall–Kier alpha value is -3.52. The van der Waals surface area contributed by atoms with Gasteiger partial charge < -0.3 is 10.1 Å². The quantitative estimate of drug-likeness (QED) is 0.387. The molecule has 0 fully saturated rings. The number of hydrogen-bond acceptors (Lipinski definition) is 1. The van der Waals surface area contributed by atoms with Crippen LogP contribution < -0.4 is 0 Å². The minimum atomic E-state index is 0.314. The molecule has 4 aromatic carbocycles. The van der Waals surface area contributed by atoms with Crippen LogP contribution in [0.1, 0.15) is 0 Å². The van der Waals surface area contributed by atoms with Crippen molar-refractivity contribution >= 4 is 21.5 Å². The van der Waals surface area contributed by atoms with Gasteiger partial charge in [0.2, 0.25) is 0 Å². The second-order valence-corrected chi connectivity index (χ2v) is 6.50. The molecule has 26 heavy (non-hydrogen) atoms. The highest BCUT2D eigenvalue weighted by Gasteiger charge is 2.11. The zero-order chi connectivity index (χ0) is 17.5. The van der Waals surface area contributed by atoms with Crippen molar-refractivity contribution in [2.24, 2.45) is 0 Å². The second-order valence-electron chi connectivity index (χ2n) is 6.50. The number of aromatic nitrogens is 1. The Balaban J connectivity index is 1.66. The monoisotopic (exact) mass is 335 g/mol. The Morgan fingerprint density at radius 2 is 1.12 bits per heavy atom. The number of H-pyrrole nitrogens is 1. The van der Waals surface area contributed by atoms with Crippen LogP contribution in [0.4, 0.5) is 0 Å². The topological polar surface area (TPSA) is 36.0 Å². The van der Waals surface area contributed by atoms with Crippen molar-refractivity contribution < 1.29 is 5.11 Å². The van der Waals surface area contributed by atoms with E-state index in [-0.39, 0.29) is 0 Å². The SMILES string of the molecule is Oc1c(-c2ccc(-c3cccc4ccccc34)[nH]2)ccc2ccccc12. The first kappa shape index (κ1) is 14.8. The van der Waals surface area contributed by atoms with Crippen LogP contribution in [0.3, 0.4) is 0 Å². The van der Waals surface area contributed by atoms with Crippen molar-refractivity contribution in [3.05, 3.63) is 91.0 Å². The average Bonchev–Trinajstić information content (AvgIpc) is 3.18. The van der Waals surface area contributed by atoms with E-state index < -0.39 is 0 Å². The van der Waals surface area contributed by atoms with Crippen LogP contribution in [-0.2, 0) is 0 Å². The molecule has 2 nitrogen and oxygen atoms in total. The molecule has 5 rings (SSSR count). The Morgan fingerprint density at radius 3 is 1.92 bits per heavy atom. The predicted octanol–water partition coefficient (Wildman–Crippen LogP) is 6.36. The molecule has 0 radical (unpaired) electrons. The molecule has 5 aromatic rings. The summed E-state index contributed by atoms with van der Waals surface area (Å²) in [7, 11) is 0. The van der Waals surface area contributed by atoms with Crippen LogP contribution in [0, 0.1) is 0 Å². The molecule has 0 bridgehead atoms. The van der Waals surface area contributed by atoms with Crippen LogP contribution in [0.2, 0.25) is 0 Å². The fraction of sp³-hybridized carbons (Fsp3) is 0. The summed E-state index contributed by atoms with van der Waals surface area (Å²) in [5, 5.41) is 15.1. The van der Waals surface area contributed by atoms with Gasteiger partial charge in [0, 0.05) is 27.9 Å². The molecule has 0 aliphatic carbocycles. The highest BCUT2D eigenvalue weighted by atomic mass is 16.3. The lowest BCUT2D eigenvalue weighted by molar-refractivity contribution is 0.483. The number of phenols is 1. The molecular formula is C24H17NO. The van der Waals surface area contributed by atoms with E-state index in [4.69, 9.17) is 0 Å². The van der Waals surface area contributed by atoms with Gasteiger partial charge in [-0.1, -0.05) is 72.8 Å². The van der Waals surface area contributed by atoms with Gasteiger partial charge >= 0.3 is 0 Å². The van der Waals surface area contributed by atoms with Gasteiger partial charge in [0.1, 0.15) is 5.75 Å². The van der Waals surface area contributed by atoms with Crippen molar-refractivity contribution in [3.63, 3.8) is 0 Å². The summed E-state index contributed by atoms with van der Waals surface area (Å²) in [6.07, 6.45) is 0. The lowest BCUT2D eigenvalue weighted by atomic mass is 10.0. The van der Waals surface area contributed by atoms with Gasteiger partial charge in [-0.3, -0.25) is 0 Å². The second kappa shape index (κ2) is 5.78. The van der Waals surface area contributed by atoms with Gasteiger partial charge in [-0.05, 0) is 34.4 Å². The highest BCUT2D eigenvalue weighted by Crippen LogP contribution is 2.37. The van der Waals surface area contributed by atoms with Gasteiger partial charge in [-0.15, -0.1) is 0 Å². The van der Waals surface area contributed by atoms with E-state index in [1.165, 1.54) is 10.8 Å². The zero-order valence-electron chi connectivity index (χ0n) is 14.1. The Labute approximate surface area is 151 Å². The molecule has 0 amide bonds. The summed E-state index contributed by atoms with van der Waals surface area (Å²) in [6.45, 7) is 0. The number of fused-ring (bicyclic) bond motifs is 2. The van der Waals surface area contributed by atoms with Gasteiger partial charge in [-0.25, -0.2) is 0 Å². The van der Waals surface area contributed by atoms with E-state index in [2.05, 4.69) is 53.5 Å². The first-order valence-electron chi connectivity index (χ1n) is 8.69. The average molecular weight is 335 g/mol. The van der Waals surface area contributed by atoms with E-state index >= 15 is 0 Å². The highest BCUT2D eigenvalue weighted by molar-refractivity contribution is 5.97. The fourth-order valence-electron chi connectivity index (χ4n) is 3.64. The molecule has 0 spiro atoms. The predicted molar refractivity (Wildman–Crippen MR) is 108 cm³/mol. The number of benzene rings is 4. The van der Waals surface area contributed by atoms with Crippen LogP contribution in [0.25, 0.3) is 44.1 Å². The Morgan fingerprint density at radius 1 is 0.500 bits per heavy atom. The third kappa shape index (κ3) is 2.27. The van der Waals surface area contributed by atoms with Crippen molar-refractivity contribution in [1.29, 1.82) is 0 Å². The van der Waals surface area contributed by atoms with E-state index in [1.54, 1.807) is 0 Å². The minimum absolute atomic E-state index is 0.314. The smallest absolute Gasteiger partial charge is 0.132 e. The normalized spacial score (nSPS) is 11.2. The van der Waals surface area contributed by atoms with Crippen molar-refractivity contribution in [3.8, 4) is 28.3 Å². The summed E-state index contributed by atoms with van der Waals surface area (Å²) in [5.74, 6) is 0.314. The molecule has 0 aliphatic heterocycles. The molecule has 0 aliphatic rings. The number of rotatable bonds is 2. The standard InChI is InChI=1S/C24H17NO/c26-24-19-10-4-2-7-17(19)12-13-21(24)23-15-14-22(25-23)20-11-5-8-16-6-1-3-9-18(16)20/h1-15,25-26H. The molecule has 0 saturated heterocycles. The summed E-state index contributed by atoms with van der Waals surface area (Å²) in [6, 6.07) is 30.7. The van der Waals surface area contributed by atoms with E-state index in [1.807, 2.05) is 42.5 Å². The van der Waals surface area contributed by atoms with Crippen LogP contribution in [0.5, 0.6) is 5.75 Å². The first-order valence-corrected chi connectivity index (χ1v) is 8.69.